The number of hydrogen-bond acceptors (Lipinski definition) is 6. The summed E-state index contributed by atoms with van der Waals surface area (Å²) in [6.45, 7) is 1.48. The number of hydrogen-bond donors (Lipinski definition) is 2. The van der Waals surface area contributed by atoms with Gasteiger partial charge < -0.3 is 29.8 Å². The zero-order chi connectivity index (χ0) is 17.8. The molecule has 1 aromatic carbocycles. The van der Waals surface area contributed by atoms with Crippen LogP contribution in [0.1, 0.15) is 26.5 Å². The molecule has 0 aliphatic heterocycles. The number of carboxylic acid groups (broad SMARTS) is 2. The van der Waals surface area contributed by atoms with E-state index < -0.39 is 34.2 Å². The topological polar surface area (TPSA) is 146 Å². The molecule has 0 spiro atoms. The number of aromatic nitrogens is 2. The van der Waals surface area contributed by atoms with E-state index in [0.29, 0.717) is 0 Å². The number of halogens is 1. The minimum Gasteiger partial charge on any atom is -0.543 e. The molecule has 0 aliphatic carbocycles. The standard InChI is InChI=1S/C15H9ClN2O6.2Na/c1-4-9-7(19)2-5(14(21)22)17-12(9)11(16)13-10(4)8(20)3-6(18-13)15(23)24;;/h2-3H,1H3,(H,17,19)(H,18,20)(H,21,22)(H,23,24);;/q;2*+1/p-2. The second kappa shape index (κ2) is 8.26. The Kier molecular flexibility index (Phi) is 7.28. The molecule has 0 bridgehead atoms. The molecule has 122 valence electrons. The number of carboxylic acids is 2. The fourth-order valence-electron chi connectivity index (χ4n) is 2.66. The Balaban J connectivity index is 0.00000169. The number of benzene rings is 1. The Bertz CT molecular complexity index is 1100. The first-order valence-electron chi connectivity index (χ1n) is 6.57. The van der Waals surface area contributed by atoms with Crippen LogP contribution in [0.4, 0.5) is 0 Å². The van der Waals surface area contributed by atoms with Gasteiger partial charge in [-0.15, -0.1) is 0 Å². The van der Waals surface area contributed by atoms with Gasteiger partial charge in [0.1, 0.15) is 0 Å². The Morgan fingerprint density at radius 3 is 1.54 bits per heavy atom. The van der Waals surface area contributed by atoms with Crippen molar-refractivity contribution in [3.63, 3.8) is 0 Å². The quantitative estimate of drug-likeness (QED) is 0.327. The van der Waals surface area contributed by atoms with Crippen LogP contribution in [0.2, 0.25) is 5.02 Å². The van der Waals surface area contributed by atoms with Crippen molar-refractivity contribution in [2.75, 3.05) is 0 Å². The molecule has 26 heavy (non-hydrogen) atoms. The number of carbonyl (C=O) groups is 2. The Morgan fingerprint density at radius 1 is 0.885 bits per heavy atom. The summed E-state index contributed by atoms with van der Waals surface area (Å²) in [5.74, 6) is -3.22. The predicted molar refractivity (Wildman–Crippen MR) is 81.1 cm³/mol. The van der Waals surface area contributed by atoms with E-state index in [0.717, 1.165) is 12.1 Å². The SMILES string of the molecule is Cc1c2c(=O)cc(C(=O)[O-])[nH]c2c(Cl)c2[nH]c(C(=O)[O-])cc(=O)c12.[Na+].[Na+]. The fraction of sp³-hybridized carbons (Fsp3) is 0.0667. The van der Waals surface area contributed by atoms with E-state index in [-0.39, 0.29) is 91.5 Å². The molecule has 0 aliphatic rings. The van der Waals surface area contributed by atoms with Gasteiger partial charge in [-0.3, -0.25) is 9.59 Å². The molecule has 0 amide bonds. The van der Waals surface area contributed by atoms with Crippen LogP contribution in [0.3, 0.4) is 0 Å². The van der Waals surface area contributed by atoms with Crippen LogP contribution in [0.25, 0.3) is 21.8 Å². The van der Waals surface area contributed by atoms with Crippen molar-refractivity contribution in [2.45, 2.75) is 6.92 Å². The van der Waals surface area contributed by atoms with Crippen LogP contribution in [-0.2, 0) is 0 Å². The zero-order valence-electron chi connectivity index (χ0n) is 14.0. The number of rotatable bonds is 2. The maximum absolute atomic E-state index is 12.2. The van der Waals surface area contributed by atoms with E-state index in [1.165, 1.54) is 6.92 Å². The summed E-state index contributed by atoms with van der Waals surface area (Å²) in [5, 5.41) is 21.8. The van der Waals surface area contributed by atoms with E-state index >= 15 is 0 Å². The first-order valence-corrected chi connectivity index (χ1v) is 6.95. The molecule has 0 unspecified atom stereocenters. The molecule has 0 radical (unpaired) electrons. The van der Waals surface area contributed by atoms with Crippen molar-refractivity contribution in [3.8, 4) is 0 Å². The van der Waals surface area contributed by atoms with Gasteiger partial charge in [-0.2, -0.15) is 0 Å². The van der Waals surface area contributed by atoms with Crippen molar-refractivity contribution in [1.82, 2.24) is 9.97 Å². The summed E-state index contributed by atoms with van der Waals surface area (Å²) in [6.07, 6.45) is 0. The minimum absolute atomic E-state index is 0. The number of aromatic amines is 2. The van der Waals surface area contributed by atoms with Crippen molar-refractivity contribution in [2.24, 2.45) is 0 Å². The largest absolute Gasteiger partial charge is 1.00 e. The molecule has 2 heterocycles. The Morgan fingerprint density at radius 2 is 1.23 bits per heavy atom. The Hall–Kier alpha value is -1.13. The molecule has 2 N–H and O–H groups in total. The average Bonchev–Trinajstić information content (AvgIpc) is 2.50. The second-order valence-corrected chi connectivity index (χ2v) is 5.49. The first-order chi connectivity index (χ1) is 11.2. The molecule has 3 aromatic rings. The molecular weight excluding hydrogens is 386 g/mol. The fourth-order valence-corrected chi connectivity index (χ4v) is 2.95. The number of nitrogens with one attached hydrogen (secondary N) is 2. The number of aryl methyl sites for hydroxylation is 1. The van der Waals surface area contributed by atoms with Gasteiger partial charge in [0.15, 0.2) is 10.9 Å². The van der Waals surface area contributed by atoms with Gasteiger partial charge >= 0.3 is 59.1 Å². The molecular formula is C15H7ClN2Na2O6. The van der Waals surface area contributed by atoms with Gasteiger partial charge in [0.05, 0.1) is 50.2 Å². The minimum atomic E-state index is -1.61. The van der Waals surface area contributed by atoms with Crippen molar-refractivity contribution >= 4 is 45.3 Å². The number of pyridine rings is 2. The van der Waals surface area contributed by atoms with E-state index in [4.69, 9.17) is 11.6 Å². The predicted octanol–water partition coefficient (Wildman–Crippen LogP) is -6.93. The second-order valence-electron chi connectivity index (χ2n) is 5.11. The van der Waals surface area contributed by atoms with Crippen molar-refractivity contribution < 1.29 is 78.9 Å². The zero-order valence-corrected chi connectivity index (χ0v) is 18.7. The van der Waals surface area contributed by atoms with Crippen molar-refractivity contribution in [1.29, 1.82) is 0 Å². The van der Waals surface area contributed by atoms with Gasteiger partial charge in [0, 0.05) is 12.1 Å². The van der Waals surface area contributed by atoms with E-state index in [9.17, 15) is 29.4 Å². The summed E-state index contributed by atoms with van der Waals surface area (Å²) in [6, 6.07) is 1.66. The summed E-state index contributed by atoms with van der Waals surface area (Å²) in [7, 11) is 0. The van der Waals surface area contributed by atoms with Crippen LogP contribution in [0.15, 0.2) is 21.7 Å². The molecule has 8 nitrogen and oxygen atoms in total. The van der Waals surface area contributed by atoms with E-state index in [1.54, 1.807) is 0 Å². The maximum Gasteiger partial charge on any atom is 1.00 e. The van der Waals surface area contributed by atoms with Crippen LogP contribution in [0, 0.1) is 6.92 Å². The maximum atomic E-state index is 12.2. The van der Waals surface area contributed by atoms with E-state index in [1.807, 2.05) is 0 Å². The summed E-state index contributed by atoms with van der Waals surface area (Å²) in [5.41, 5.74) is -2.15. The monoisotopic (exact) mass is 392 g/mol. The molecule has 0 atom stereocenters. The van der Waals surface area contributed by atoms with Crippen LogP contribution < -0.4 is 80.2 Å². The summed E-state index contributed by atoms with van der Waals surface area (Å²) >= 11 is 6.18. The van der Waals surface area contributed by atoms with Gasteiger partial charge in [0.2, 0.25) is 0 Å². The number of fused-ring (bicyclic) bond motifs is 2. The van der Waals surface area contributed by atoms with Crippen LogP contribution >= 0.6 is 11.6 Å². The molecule has 0 fully saturated rings. The third-order valence-electron chi connectivity index (χ3n) is 3.69. The van der Waals surface area contributed by atoms with Crippen LogP contribution in [-0.4, -0.2) is 21.9 Å². The smallest absolute Gasteiger partial charge is 0.543 e. The van der Waals surface area contributed by atoms with Gasteiger partial charge in [-0.25, -0.2) is 0 Å². The third-order valence-corrected chi connectivity index (χ3v) is 4.07. The number of aromatic carboxylic acids is 2. The normalized spacial score (nSPS) is 10.2. The Labute approximate surface area is 194 Å². The van der Waals surface area contributed by atoms with Crippen molar-refractivity contribution in [3.05, 3.63) is 54.6 Å². The summed E-state index contributed by atoms with van der Waals surface area (Å²) in [4.78, 5) is 51.3. The summed E-state index contributed by atoms with van der Waals surface area (Å²) < 4.78 is 0. The van der Waals surface area contributed by atoms with Gasteiger partial charge in [-0.05, 0) is 12.5 Å². The molecule has 11 heteroatoms. The van der Waals surface area contributed by atoms with Crippen LogP contribution in [0.5, 0.6) is 0 Å². The molecule has 3 rings (SSSR count). The molecule has 0 saturated heterocycles. The number of H-pyrrole nitrogens is 2. The van der Waals surface area contributed by atoms with Gasteiger partial charge in [0.25, 0.3) is 0 Å². The van der Waals surface area contributed by atoms with E-state index in [2.05, 4.69) is 9.97 Å². The third kappa shape index (κ3) is 3.63. The molecule has 0 saturated carbocycles. The first kappa shape index (κ1) is 22.9. The van der Waals surface area contributed by atoms with Gasteiger partial charge in [-0.1, -0.05) is 11.6 Å². The average molecular weight is 393 g/mol. The molecule has 2 aromatic heterocycles. The number of carbonyl (C=O) groups excluding carboxylic acids is 2.